The third-order valence-corrected chi connectivity index (χ3v) is 11.0. The molecule has 0 spiro atoms. The number of rotatable bonds is 14. The Labute approximate surface area is 298 Å². The molecule has 268 valence electrons. The van der Waals surface area contributed by atoms with Gasteiger partial charge in [-0.25, -0.2) is 9.97 Å². The van der Waals surface area contributed by atoms with Crippen LogP contribution in [0.25, 0.3) is 11.3 Å². The minimum atomic E-state index is -4.85. The Balaban J connectivity index is 1.46. The number of hydrogen-bond donors (Lipinski definition) is 4. The molecule has 0 saturated carbocycles. The van der Waals surface area contributed by atoms with E-state index in [-0.39, 0.29) is 36.7 Å². The average molecular weight is 831 g/mol. The fourth-order valence-electron chi connectivity index (χ4n) is 5.21. The van der Waals surface area contributed by atoms with E-state index < -0.39 is 33.9 Å². The van der Waals surface area contributed by atoms with E-state index in [1.165, 1.54) is 20.2 Å². The predicted octanol–water partition coefficient (Wildman–Crippen LogP) is 6.09. The quantitative estimate of drug-likeness (QED) is 0.0852. The standard InChI is InChI=1S/C31H35F3IN8O6P/c1-5-49-50(35,46)13-19-6-7-23(25(10-19)47-4)40-29-37-11-21(31(32,33)34)27(41-29)39-24-9-8-22(38-26(24)28(45)36-3)20-12-43(42-18(20)2)14-30(15-44)16-48-17-30/h6-12,44H,5,13-17H2,1-4H3,(H,36,45)(H2,37,39,40,41)/t50-/m0/s1. The van der Waals surface area contributed by atoms with Gasteiger partial charge in [0.1, 0.15) is 17.1 Å². The van der Waals surface area contributed by atoms with Crippen LogP contribution in [0.5, 0.6) is 5.75 Å². The second kappa shape index (κ2) is 15.2. The summed E-state index contributed by atoms with van der Waals surface area (Å²) in [7, 11) is 2.79. The summed E-state index contributed by atoms with van der Waals surface area (Å²) in [6.07, 6.45) is -2.35. The number of aromatic nitrogens is 5. The number of alkyl halides is 3. The number of anilines is 4. The molecule has 1 aromatic carbocycles. The first-order valence-electron chi connectivity index (χ1n) is 15.2. The van der Waals surface area contributed by atoms with E-state index >= 15 is 0 Å². The van der Waals surface area contributed by atoms with Gasteiger partial charge in [0, 0.05) is 47.0 Å². The molecule has 3 aromatic heterocycles. The summed E-state index contributed by atoms with van der Waals surface area (Å²) in [6.45, 7) is 4.93. The van der Waals surface area contributed by atoms with E-state index in [0.29, 0.717) is 59.9 Å². The number of amides is 1. The van der Waals surface area contributed by atoms with Gasteiger partial charge in [0.15, 0.2) is 5.69 Å². The minimum Gasteiger partial charge on any atom is -0.495 e. The van der Waals surface area contributed by atoms with Gasteiger partial charge in [0.2, 0.25) is 5.95 Å². The Morgan fingerprint density at radius 3 is 2.54 bits per heavy atom. The number of nitrogens with zero attached hydrogens (tertiary/aromatic N) is 5. The van der Waals surface area contributed by atoms with E-state index in [9.17, 15) is 27.6 Å². The highest BCUT2D eigenvalue weighted by atomic mass is 127. The van der Waals surface area contributed by atoms with Gasteiger partial charge in [-0.1, -0.05) is 6.07 Å². The lowest BCUT2D eigenvalue weighted by Crippen LogP contribution is -2.48. The van der Waals surface area contributed by atoms with E-state index in [1.807, 2.05) is 0 Å². The van der Waals surface area contributed by atoms with Crippen molar-refractivity contribution < 1.29 is 41.6 Å². The molecule has 0 unspecified atom stereocenters. The molecule has 19 heteroatoms. The summed E-state index contributed by atoms with van der Waals surface area (Å²) in [5, 5.41) is 19.4. The molecule has 14 nitrogen and oxygen atoms in total. The van der Waals surface area contributed by atoms with Gasteiger partial charge in [-0.15, -0.1) is 0 Å². The third-order valence-electron chi connectivity index (χ3n) is 7.76. The zero-order valence-corrected chi connectivity index (χ0v) is 30.5. The van der Waals surface area contributed by atoms with Gasteiger partial charge >= 0.3 is 6.18 Å². The second-order valence-electron chi connectivity index (χ2n) is 11.6. The van der Waals surface area contributed by atoms with Crippen LogP contribution in [0.1, 0.15) is 34.2 Å². The molecule has 0 aliphatic carbocycles. The van der Waals surface area contributed by atoms with Gasteiger partial charge in [0.05, 0.1) is 74.4 Å². The first-order valence-corrected chi connectivity index (χ1v) is 19.8. The SMILES string of the molecule is CCO[P@](=O)(I)Cc1ccc(Nc2ncc(C(F)(F)F)c(Nc3ccc(-c4cn(CC5(CO)COC5)nc4C)nc3C(=O)NC)n2)c(OC)c1. The highest BCUT2D eigenvalue weighted by Crippen LogP contribution is 2.58. The predicted molar refractivity (Wildman–Crippen MR) is 187 cm³/mol. The highest BCUT2D eigenvalue weighted by Gasteiger charge is 2.39. The molecule has 1 aliphatic heterocycles. The van der Waals surface area contributed by atoms with Crippen molar-refractivity contribution in [3.63, 3.8) is 0 Å². The van der Waals surface area contributed by atoms with Gasteiger partial charge in [0.25, 0.3) is 10.9 Å². The number of ether oxygens (including phenoxy) is 2. The number of pyridine rings is 1. The molecule has 1 saturated heterocycles. The fraction of sp³-hybridized carbons (Fsp3) is 0.387. The number of carbonyl (C=O) groups is 1. The van der Waals surface area contributed by atoms with Crippen molar-refractivity contribution in [2.75, 3.05) is 51.2 Å². The number of aryl methyl sites for hydroxylation is 1. The van der Waals surface area contributed by atoms with Crippen LogP contribution in [-0.4, -0.2) is 76.3 Å². The van der Waals surface area contributed by atoms with Crippen LogP contribution in [0, 0.1) is 12.3 Å². The van der Waals surface area contributed by atoms with Crippen molar-refractivity contribution in [3.05, 3.63) is 65.2 Å². The summed E-state index contributed by atoms with van der Waals surface area (Å²) < 4.78 is 72.9. The molecule has 1 amide bonds. The van der Waals surface area contributed by atoms with Crippen molar-refractivity contribution in [2.24, 2.45) is 5.41 Å². The van der Waals surface area contributed by atoms with Gasteiger partial charge in [-0.3, -0.25) is 14.0 Å². The summed E-state index contributed by atoms with van der Waals surface area (Å²) in [5.74, 6) is -1.18. The largest absolute Gasteiger partial charge is 0.495 e. The maximum absolute atomic E-state index is 14.2. The maximum Gasteiger partial charge on any atom is 0.421 e. The Kier molecular flexibility index (Phi) is 11.4. The molecular formula is C31H35F3IN8O6P. The Morgan fingerprint density at radius 1 is 1.18 bits per heavy atom. The van der Waals surface area contributed by atoms with Crippen molar-refractivity contribution in [3.8, 4) is 17.0 Å². The monoisotopic (exact) mass is 830 g/mol. The summed E-state index contributed by atoms with van der Waals surface area (Å²) in [6, 6.07) is 7.90. The Bertz CT molecular complexity index is 1920. The molecule has 1 aliphatic rings. The van der Waals surface area contributed by atoms with E-state index in [4.69, 9.17) is 14.0 Å². The molecule has 50 heavy (non-hydrogen) atoms. The zero-order valence-electron chi connectivity index (χ0n) is 27.5. The highest BCUT2D eigenvalue weighted by molar-refractivity contribution is 14.2. The van der Waals surface area contributed by atoms with Crippen molar-refractivity contribution in [1.29, 1.82) is 0 Å². The molecule has 0 radical (unpaired) electrons. The van der Waals surface area contributed by atoms with Crippen LogP contribution in [0.2, 0.25) is 0 Å². The number of hydrogen-bond acceptors (Lipinski definition) is 12. The molecular weight excluding hydrogens is 795 g/mol. The molecule has 4 N–H and O–H groups in total. The van der Waals surface area contributed by atoms with Crippen LogP contribution in [-0.2, 0) is 32.7 Å². The number of methoxy groups -OCH3 is 1. The number of halogens is 4. The molecule has 4 heterocycles. The summed E-state index contributed by atoms with van der Waals surface area (Å²) >= 11 is 1.79. The number of carbonyl (C=O) groups excluding carboxylic acids is 1. The molecule has 1 fully saturated rings. The van der Waals surface area contributed by atoms with Crippen molar-refractivity contribution in [1.82, 2.24) is 30.0 Å². The van der Waals surface area contributed by atoms with Gasteiger partial charge in [-0.05, 0) is 43.7 Å². The maximum atomic E-state index is 14.2. The van der Waals surface area contributed by atoms with Crippen LogP contribution in [0.4, 0.5) is 36.3 Å². The van der Waals surface area contributed by atoms with Crippen molar-refractivity contribution in [2.45, 2.75) is 32.7 Å². The van der Waals surface area contributed by atoms with Crippen LogP contribution in [0.3, 0.4) is 0 Å². The van der Waals surface area contributed by atoms with Crippen LogP contribution >= 0.6 is 27.1 Å². The smallest absolute Gasteiger partial charge is 0.421 e. The molecule has 5 rings (SSSR count). The Morgan fingerprint density at radius 2 is 1.92 bits per heavy atom. The average Bonchev–Trinajstić information content (AvgIpc) is 3.42. The number of benzene rings is 1. The zero-order chi connectivity index (χ0) is 36.3. The van der Waals surface area contributed by atoms with Crippen LogP contribution in [0.15, 0.2) is 42.7 Å². The number of aliphatic hydroxyl groups excluding tert-OH is 1. The van der Waals surface area contributed by atoms with E-state index in [2.05, 4.69) is 36.0 Å². The first kappa shape index (κ1) is 37.4. The molecule has 1 atom stereocenters. The number of aliphatic hydroxyl groups is 1. The molecule has 4 aromatic rings. The van der Waals surface area contributed by atoms with Gasteiger partial charge < -0.3 is 35.1 Å². The fourth-order valence-corrected chi connectivity index (χ4v) is 8.33. The lowest BCUT2D eigenvalue weighted by Gasteiger charge is -2.39. The van der Waals surface area contributed by atoms with Gasteiger partial charge in [-0.2, -0.15) is 23.3 Å². The summed E-state index contributed by atoms with van der Waals surface area (Å²) in [5.41, 5.74) is 0.706. The normalized spacial score (nSPS) is 15.1. The van der Waals surface area contributed by atoms with E-state index in [1.54, 1.807) is 71.0 Å². The third kappa shape index (κ3) is 8.54. The number of nitrogens with one attached hydrogen (secondary N) is 3. The second-order valence-corrected chi connectivity index (χ2v) is 17.7. The topological polar surface area (TPSA) is 175 Å². The first-order chi connectivity index (χ1) is 23.7. The minimum absolute atomic E-state index is 0.0430. The van der Waals surface area contributed by atoms with Crippen LogP contribution < -0.4 is 20.7 Å². The van der Waals surface area contributed by atoms with E-state index in [0.717, 1.165) is 0 Å². The molecule has 0 bridgehead atoms. The van der Waals surface area contributed by atoms with Crippen molar-refractivity contribution >= 4 is 56.1 Å². The Hall–Kier alpha value is -3.84. The lowest BCUT2D eigenvalue weighted by molar-refractivity contribution is -0.146. The lowest BCUT2D eigenvalue weighted by atomic mass is 9.87. The summed E-state index contributed by atoms with van der Waals surface area (Å²) in [4.78, 5) is 25.5.